The number of nitrogens with zero attached hydrogens (tertiary/aromatic N) is 2. The van der Waals surface area contributed by atoms with Crippen LogP contribution in [-0.4, -0.2) is 36.1 Å². The highest BCUT2D eigenvalue weighted by molar-refractivity contribution is 6.04. The molecule has 0 fully saturated rings. The maximum atomic E-state index is 12.7. The van der Waals surface area contributed by atoms with Gasteiger partial charge >= 0.3 is 0 Å². The highest BCUT2D eigenvalue weighted by Crippen LogP contribution is 2.27. The number of hydrogen-bond acceptors (Lipinski definition) is 5. The number of methoxy groups -OCH3 is 1. The molecular weight excluding hydrogens is 316 g/mol. The molecule has 0 unspecified atom stereocenters. The number of carbonyl (C=O) groups is 1. The van der Waals surface area contributed by atoms with E-state index in [2.05, 4.69) is 34.4 Å². The molecule has 0 radical (unpaired) electrons. The topological polar surface area (TPSA) is 76.1 Å². The van der Waals surface area contributed by atoms with Gasteiger partial charge in [0.2, 0.25) is 5.95 Å². The van der Waals surface area contributed by atoms with E-state index in [9.17, 15) is 4.79 Å². The minimum atomic E-state index is -0.239. The molecule has 1 aromatic carbocycles. The van der Waals surface area contributed by atoms with E-state index in [0.717, 1.165) is 22.5 Å². The summed E-state index contributed by atoms with van der Waals surface area (Å²) >= 11 is 0. The molecule has 0 aliphatic rings. The summed E-state index contributed by atoms with van der Waals surface area (Å²) in [5.74, 6) is 0.501. The molecule has 1 amide bonds. The van der Waals surface area contributed by atoms with Crippen molar-refractivity contribution in [2.75, 3.05) is 30.9 Å². The molecule has 0 saturated carbocycles. The molecule has 0 saturated heterocycles. The van der Waals surface area contributed by atoms with Gasteiger partial charge in [0.15, 0.2) is 0 Å². The van der Waals surface area contributed by atoms with Gasteiger partial charge in [-0.3, -0.25) is 4.79 Å². The van der Waals surface area contributed by atoms with Gasteiger partial charge in [0.25, 0.3) is 5.91 Å². The predicted molar refractivity (Wildman–Crippen MR) is 100 cm³/mol. The Kier molecular flexibility index (Phi) is 6.47. The molecule has 0 spiro atoms. The number of carbonyl (C=O) groups excluding carboxylic acids is 1. The summed E-state index contributed by atoms with van der Waals surface area (Å²) in [5.41, 5.74) is 4.06. The van der Waals surface area contributed by atoms with E-state index < -0.39 is 0 Å². The number of benzene rings is 1. The number of anilines is 2. The maximum absolute atomic E-state index is 12.7. The lowest BCUT2D eigenvalue weighted by molar-refractivity contribution is 0.102. The second kappa shape index (κ2) is 8.58. The van der Waals surface area contributed by atoms with E-state index in [1.807, 2.05) is 32.0 Å². The smallest absolute Gasteiger partial charge is 0.274 e. The summed E-state index contributed by atoms with van der Waals surface area (Å²) in [5, 5.41) is 6.08. The Balaban J connectivity index is 2.24. The van der Waals surface area contributed by atoms with Gasteiger partial charge in [0.1, 0.15) is 5.69 Å². The molecule has 6 heteroatoms. The molecule has 0 aliphatic heterocycles. The Morgan fingerprint density at radius 2 is 2.00 bits per heavy atom. The van der Waals surface area contributed by atoms with Gasteiger partial charge in [-0.25, -0.2) is 9.97 Å². The third kappa shape index (κ3) is 5.00. The molecule has 2 aromatic rings. The van der Waals surface area contributed by atoms with Gasteiger partial charge in [-0.15, -0.1) is 0 Å². The zero-order valence-electron chi connectivity index (χ0n) is 15.5. The van der Waals surface area contributed by atoms with Crippen molar-refractivity contribution in [3.63, 3.8) is 0 Å². The fraction of sp³-hybridized carbons (Fsp3) is 0.421. The van der Waals surface area contributed by atoms with Crippen LogP contribution < -0.4 is 10.6 Å². The molecular formula is C19H26N4O2. The van der Waals surface area contributed by atoms with Gasteiger partial charge in [0, 0.05) is 25.0 Å². The second-order valence-corrected chi connectivity index (χ2v) is 6.29. The fourth-order valence-corrected chi connectivity index (χ4v) is 2.55. The zero-order chi connectivity index (χ0) is 18.4. The first-order valence-electron chi connectivity index (χ1n) is 8.41. The summed E-state index contributed by atoms with van der Waals surface area (Å²) in [7, 11) is 1.63. The number of ether oxygens (including phenoxy) is 1. The lowest BCUT2D eigenvalue weighted by Crippen LogP contribution is -2.18. The van der Waals surface area contributed by atoms with Crippen LogP contribution in [0, 0.1) is 13.8 Å². The van der Waals surface area contributed by atoms with Crippen molar-refractivity contribution in [2.24, 2.45) is 0 Å². The van der Waals surface area contributed by atoms with Crippen molar-refractivity contribution >= 4 is 17.5 Å². The minimum Gasteiger partial charge on any atom is -0.383 e. The Bertz CT molecular complexity index is 744. The average Bonchev–Trinajstić information content (AvgIpc) is 2.56. The number of aryl methyl sites for hydroxylation is 2. The molecule has 0 bridgehead atoms. The van der Waals surface area contributed by atoms with Crippen molar-refractivity contribution < 1.29 is 9.53 Å². The Morgan fingerprint density at radius 1 is 1.24 bits per heavy atom. The highest BCUT2D eigenvalue weighted by Gasteiger charge is 2.15. The molecule has 0 aliphatic carbocycles. The number of hydrogen-bond donors (Lipinski definition) is 2. The van der Waals surface area contributed by atoms with Crippen molar-refractivity contribution in [1.29, 1.82) is 0 Å². The fourth-order valence-electron chi connectivity index (χ4n) is 2.55. The van der Waals surface area contributed by atoms with Crippen LogP contribution >= 0.6 is 0 Å². The molecule has 25 heavy (non-hydrogen) atoms. The molecule has 1 aromatic heterocycles. The van der Waals surface area contributed by atoms with Crippen molar-refractivity contribution in [3.05, 3.63) is 46.8 Å². The second-order valence-electron chi connectivity index (χ2n) is 6.29. The lowest BCUT2D eigenvalue weighted by atomic mass is 9.98. The van der Waals surface area contributed by atoms with Crippen LogP contribution in [0.4, 0.5) is 11.6 Å². The van der Waals surface area contributed by atoms with Crippen LogP contribution in [0.3, 0.4) is 0 Å². The molecule has 2 rings (SSSR count). The summed E-state index contributed by atoms with van der Waals surface area (Å²) < 4.78 is 5.00. The minimum absolute atomic E-state index is 0.239. The summed E-state index contributed by atoms with van der Waals surface area (Å²) in [4.78, 5) is 21.3. The predicted octanol–water partition coefficient (Wildman–Crippen LogP) is 3.53. The Morgan fingerprint density at radius 3 is 2.68 bits per heavy atom. The van der Waals surface area contributed by atoms with Crippen LogP contribution in [0.25, 0.3) is 0 Å². The quantitative estimate of drug-likeness (QED) is 0.753. The number of para-hydroxylation sites is 1. The van der Waals surface area contributed by atoms with E-state index in [1.165, 1.54) is 0 Å². The molecule has 0 atom stereocenters. The van der Waals surface area contributed by atoms with E-state index in [1.54, 1.807) is 13.2 Å². The zero-order valence-corrected chi connectivity index (χ0v) is 15.5. The van der Waals surface area contributed by atoms with Gasteiger partial charge in [-0.05, 0) is 37.0 Å². The van der Waals surface area contributed by atoms with Crippen LogP contribution in [0.2, 0.25) is 0 Å². The van der Waals surface area contributed by atoms with Gasteiger partial charge in [-0.2, -0.15) is 0 Å². The number of nitrogens with one attached hydrogen (secondary N) is 2. The monoisotopic (exact) mass is 342 g/mol. The third-order valence-electron chi connectivity index (χ3n) is 3.84. The average molecular weight is 342 g/mol. The van der Waals surface area contributed by atoms with Crippen molar-refractivity contribution in [2.45, 2.75) is 33.6 Å². The summed E-state index contributed by atoms with van der Waals surface area (Å²) in [6, 6.07) is 7.72. The van der Waals surface area contributed by atoms with E-state index in [-0.39, 0.29) is 5.91 Å². The molecule has 6 nitrogen and oxygen atoms in total. The van der Waals surface area contributed by atoms with Crippen LogP contribution in [0.5, 0.6) is 0 Å². The Hall–Kier alpha value is -2.47. The SMILES string of the molecule is COCCNc1nc(C)cc(C(=O)Nc2c(C)cccc2C(C)C)n1. The van der Waals surface area contributed by atoms with E-state index in [0.29, 0.717) is 30.7 Å². The van der Waals surface area contributed by atoms with Crippen LogP contribution in [0.15, 0.2) is 24.3 Å². The first-order chi connectivity index (χ1) is 11.9. The van der Waals surface area contributed by atoms with E-state index >= 15 is 0 Å². The number of amides is 1. The van der Waals surface area contributed by atoms with Crippen LogP contribution in [-0.2, 0) is 4.74 Å². The van der Waals surface area contributed by atoms with E-state index in [4.69, 9.17) is 4.74 Å². The van der Waals surface area contributed by atoms with Crippen LogP contribution in [0.1, 0.15) is 47.1 Å². The van der Waals surface area contributed by atoms with Gasteiger partial charge in [0.05, 0.1) is 6.61 Å². The molecule has 1 heterocycles. The normalized spacial score (nSPS) is 10.8. The number of aromatic nitrogens is 2. The maximum Gasteiger partial charge on any atom is 0.274 e. The third-order valence-corrected chi connectivity index (χ3v) is 3.84. The number of rotatable bonds is 7. The summed E-state index contributed by atoms with van der Waals surface area (Å²) in [6.07, 6.45) is 0. The molecule has 2 N–H and O–H groups in total. The van der Waals surface area contributed by atoms with Crippen molar-refractivity contribution in [3.8, 4) is 0 Å². The first kappa shape index (κ1) is 18.9. The molecule has 134 valence electrons. The van der Waals surface area contributed by atoms with Gasteiger partial charge < -0.3 is 15.4 Å². The largest absolute Gasteiger partial charge is 0.383 e. The highest BCUT2D eigenvalue weighted by atomic mass is 16.5. The van der Waals surface area contributed by atoms with Gasteiger partial charge in [-0.1, -0.05) is 32.0 Å². The summed E-state index contributed by atoms with van der Waals surface area (Å²) in [6.45, 7) is 9.17. The lowest BCUT2D eigenvalue weighted by Gasteiger charge is -2.16. The Labute approximate surface area is 149 Å². The first-order valence-corrected chi connectivity index (χ1v) is 8.41. The van der Waals surface area contributed by atoms with Crippen molar-refractivity contribution in [1.82, 2.24) is 9.97 Å². The standard InChI is InChI=1S/C19H26N4O2/c1-12(2)15-8-6-7-13(3)17(15)23-18(24)16-11-14(4)21-19(22-16)20-9-10-25-5/h6-8,11-12H,9-10H2,1-5H3,(H,23,24)(H,20,21,22).